The van der Waals surface area contributed by atoms with Crippen molar-refractivity contribution in [3.63, 3.8) is 0 Å². The van der Waals surface area contributed by atoms with Gasteiger partial charge in [-0.2, -0.15) is 0 Å². The molecule has 196 valence electrons. The number of carbonyl (C=O) groups excluding carboxylic acids is 5. The molecule has 2 aromatic rings. The van der Waals surface area contributed by atoms with Crippen LogP contribution in [-0.4, -0.2) is 47.4 Å². The summed E-state index contributed by atoms with van der Waals surface area (Å²) in [6.07, 6.45) is 0.345. The number of amides is 3. The lowest BCUT2D eigenvalue weighted by molar-refractivity contribution is -0.197. The molecule has 3 rings (SSSR count). The van der Waals surface area contributed by atoms with E-state index >= 15 is 0 Å². The third kappa shape index (κ3) is 8.27. The van der Waals surface area contributed by atoms with E-state index in [1.165, 1.54) is 0 Å². The lowest BCUT2D eigenvalue weighted by Gasteiger charge is -2.22. The Morgan fingerprint density at radius 2 is 1.54 bits per heavy atom. The maximum Gasteiger partial charge on any atom is 0.333 e. The highest BCUT2D eigenvalue weighted by Gasteiger charge is 2.33. The normalized spacial score (nSPS) is 14.7. The second-order valence-corrected chi connectivity index (χ2v) is 8.97. The van der Waals surface area contributed by atoms with Crippen molar-refractivity contribution in [3.05, 3.63) is 60.2 Å². The Morgan fingerprint density at radius 3 is 2.16 bits per heavy atom. The molecule has 3 amide bonds. The number of nitrogens with zero attached hydrogens (tertiary/aromatic N) is 1. The van der Waals surface area contributed by atoms with Gasteiger partial charge in [0, 0.05) is 25.3 Å². The smallest absolute Gasteiger partial charge is 0.333 e. The minimum Gasteiger partial charge on any atom is -0.466 e. The van der Waals surface area contributed by atoms with E-state index in [0.29, 0.717) is 17.9 Å². The van der Waals surface area contributed by atoms with E-state index in [-0.39, 0.29) is 44.3 Å². The fourth-order valence-electron chi connectivity index (χ4n) is 4.07. The highest BCUT2D eigenvalue weighted by Crippen LogP contribution is 2.21. The summed E-state index contributed by atoms with van der Waals surface area (Å²) in [5, 5.41) is 3.37. The van der Waals surface area contributed by atoms with Crippen LogP contribution in [0.4, 0.5) is 0 Å². The van der Waals surface area contributed by atoms with Gasteiger partial charge in [0.2, 0.25) is 5.91 Å². The van der Waals surface area contributed by atoms with Gasteiger partial charge in [-0.05, 0) is 36.5 Å². The predicted molar refractivity (Wildman–Crippen MR) is 134 cm³/mol. The van der Waals surface area contributed by atoms with Crippen molar-refractivity contribution in [2.24, 2.45) is 5.92 Å². The lowest BCUT2D eigenvalue weighted by atomic mass is 9.94. The molecule has 9 nitrogen and oxygen atoms in total. The van der Waals surface area contributed by atoms with E-state index in [4.69, 9.17) is 9.57 Å². The van der Waals surface area contributed by atoms with E-state index in [2.05, 4.69) is 5.32 Å². The van der Waals surface area contributed by atoms with Gasteiger partial charge >= 0.3 is 11.9 Å². The molecule has 0 bridgehead atoms. The zero-order chi connectivity index (χ0) is 26.8. The van der Waals surface area contributed by atoms with Gasteiger partial charge in [0.1, 0.15) is 0 Å². The van der Waals surface area contributed by atoms with Gasteiger partial charge in [0.25, 0.3) is 11.8 Å². The van der Waals surface area contributed by atoms with Crippen LogP contribution >= 0.6 is 0 Å². The highest BCUT2D eigenvalue weighted by molar-refractivity contribution is 6.01. The van der Waals surface area contributed by atoms with Crippen LogP contribution in [0.5, 0.6) is 0 Å². The van der Waals surface area contributed by atoms with Gasteiger partial charge in [-0.15, -0.1) is 5.06 Å². The van der Waals surface area contributed by atoms with Crippen LogP contribution < -0.4 is 5.32 Å². The molecule has 2 unspecified atom stereocenters. The zero-order valence-electron chi connectivity index (χ0n) is 21.1. The summed E-state index contributed by atoms with van der Waals surface area (Å²) in [6.45, 7) is 3.75. The average Bonchev–Trinajstić information content (AvgIpc) is 3.20. The maximum atomic E-state index is 12.6. The molecular formula is C28H32N2O7. The molecule has 0 spiro atoms. The average molecular weight is 509 g/mol. The van der Waals surface area contributed by atoms with Crippen molar-refractivity contribution in [1.29, 1.82) is 0 Å². The van der Waals surface area contributed by atoms with Gasteiger partial charge in [-0.1, -0.05) is 61.5 Å². The number of rotatable bonds is 12. The van der Waals surface area contributed by atoms with E-state index in [0.717, 1.165) is 16.7 Å². The van der Waals surface area contributed by atoms with Crippen molar-refractivity contribution in [3.8, 4) is 11.1 Å². The van der Waals surface area contributed by atoms with Crippen molar-refractivity contribution in [2.45, 2.75) is 58.4 Å². The molecule has 37 heavy (non-hydrogen) atoms. The van der Waals surface area contributed by atoms with Crippen LogP contribution in [0.1, 0.15) is 51.5 Å². The first-order valence-electron chi connectivity index (χ1n) is 12.4. The molecule has 0 radical (unpaired) electrons. The Balaban J connectivity index is 1.60. The molecule has 1 fully saturated rings. The SMILES string of the molecule is CCOC(=O)C(C)CC(Cc1ccc(-c2ccccc2)cc1)NC(=O)CCC(=O)ON1C(=O)CCC1=O. The molecule has 0 saturated carbocycles. The maximum absolute atomic E-state index is 12.6. The zero-order valence-corrected chi connectivity index (χ0v) is 21.1. The van der Waals surface area contributed by atoms with Crippen LogP contribution in [0.15, 0.2) is 54.6 Å². The first-order valence-corrected chi connectivity index (χ1v) is 12.4. The molecule has 2 atom stereocenters. The molecule has 1 heterocycles. The molecule has 1 aliphatic heterocycles. The first kappa shape index (κ1) is 27.6. The lowest BCUT2D eigenvalue weighted by Crippen LogP contribution is -2.39. The van der Waals surface area contributed by atoms with Crippen LogP contribution in [-0.2, 0) is 40.0 Å². The second kappa shape index (κ2) is 13.3. The molecule has 1 aliphatic rings. The number of ether oxygens (including phenoxy) is 1. The summed E-state index contributed by atoms with van der Waals surface area (Å²) >= 11 is 0. The summed E-state index contributed by atoms with van der Waals surface area (Å²) in [5.74, 6) is -3.18. The topological polar surface area (TPSA) is 119 Å². The number of nitrogens with one attached hydrogen (secondary N) is 1. The third-order valence-corrected chi connectivity index (χ3v) is 5.99. The Kier molecular flexibility index (Phi) is 9.94. The van der Waals surface area contributed by atoms with Crippen molar-refractivity contribution >= 4 is 29.7 Å². The Morgan fingerprint density at radius 1 is 0.919 bits per heavy atom. The van der Waals surface area contributed by atoms with Gasteiger partial charge in [0.15, 0.2) is 0 Å². The first-order chi connectivity index (χ1) is 17.8. The number of esters is 1. The summed E-state index contributed by atoms with van der Waals surface area (Å²) in [5.41, 5.74) is 3.14. The van der Waals surface area contributed by atoms with Gasteiger partial charge in [-0.25, -0.2) is 4.79 Å². The fourth-order valence-corrected chi connectivity index (χ4v) is 4.07. The predicted octanol–water partition coefficient (Wildman–Crippen LogP) is 3.36. The number of benzene rings is 2. The van der Waals surface area contributed by atoms with Crippen molar-refractivity contribution in [2.75, 3.05) is 6.61 Å². The Bertz CT molecular complexity index is 1100. The molecule has 0 aliphatic carbocycles. The number of hydrogen-bond acceptors (Lipinski definition) is 7. The highest BCUT2D eigenvalue weighted by atomic mass is 16.7. The summed E-state index contributed by atoms with van der Waals surface area (Å²) in [4.78, 5) is 64.9. The molecule has 1 N–H and O–H groups in total. The van der Waals surface area contributed by atoms with Crippen LogP contribution in [0.25, 0.3) is 11.1 Å². The van der Waals surface area contributed by atoms with Crippen LogP contribution in [0.3, 0.4) is 0 Å². The summed E-state index contributed by atoms with van der Waals surface area (Å²) in [6, 6.07) is 17.6. The molecule has 2 aromatic carbocycles. The summed E-state index contributed by atoms with van der Waals surface area (Å²) in [7, 11) is 0. The quantitative estimate of drug-likeness (QED) is 0.345. The van der Waals surface area contributed by atoms with Crippen LogP contribution in [0, 0.1) is 5.92 Å². The number of imide groups is 1. The van der Waals surface area contributed by atoms with Gasteiger partial charge < -0.3 is 14.9 Å². The van der Waals surface area contributed by atoms with Gasteiger partial charge in [-0.3, -0.25) is 19.2 Å². The molecule has 9 heteroatoms. The minimum atomic E-state index is -0.841. The minimum absolute atomic E-state index is 0.000737. The standard InChI is InChI=1S/C28H32N2O7/c1-3-36-28(35)19(2)17-23(18-20-9-11-22(12-10-20)21-7-5-4-6-8-21)29-24(31)13-16-27(34)37-30-25(32)14-15-26(30)33/h4-12,19,23H,3,13-18H2,1-2H3,(H,29,31). The third-order valence-electron chi connectivity index (χ3n) is 5.99. The van der Waals surface area contributed by atoms with Gasteiger partial charge in [0.05, 0.1) is 18.9 Å². The van der Waals surface area contributed by atoms with E-state index in [9.17, 15) is 24.0 Å². The molecule has 1 saturated heterocycles. The Hall–Kier alpha value is -4.01. The molecule has 0 aromatic heterocycles. The fraction of sp³-hybridized carbons (Fsp3) is 0.393. The van der Waals surface area contributed by atoms with E-state index < -0.39 is 29.6 Å². The number of hydrogen-bond donors (Lipinski definition) is 1. The van der Waals surface area contributed by atoms with Crippen molar-refractivity contribution in [1.82, 2.24) is 10.4 Å². The molecular weight excluding hydrogens is 476 g/mol. The van der Waals surface area contributed by atoms with E-state index in [1.54, 1.807) is 13.8 Å². The van der Waals surface area contributed by atoms with E-state index in [1.807, 2.05) is 54.6 Å². The number of carbonyl (C=O) groups is 5. The summed E-state index contributed by atoms with van der Waals surface area (Å²) < 4.78 is 5.11. The number of hydroxylamine groups is 2. The second-order valence-electron chi connectivity index (χ2n) is 8.97. The monoisotopic (exact) mass is 508 g/mol. The largest absolute Gasteiger partial charge is 0.466 e. The van der Waals surface area contributed by atoms with Crippen molar-refractivity contribution < 1.29 is 33.5 Å². The van der Waals surface area contributed by atoms with Crippen LogP contribution in [0.2, 0.25) is 0 Å². The Labute approximate surface area is 216 Å².